The number of fused-ring (bicyclic) bond motifs is 1. The van der Waals surface area contributed by atoms with Crippen molar-refractivity contribution in [1.29, 1.82) is 0 Å². The first-order valence-corrected chi connectivity index (χ1v) is 5.70. The summed E-state index contributed by atoms with van der Waals surface area (Å²) < 4.78 is 1.78. The number of rotatable bonds is 2. The highest BCUT2D eigenvalue weighted by atomic mass is 32.1. The molecule has 6 heteroatoms. The highest BCUT2D eigenvalue weighted by Crippen LogP contribution is 2.19. The molecule has 16 heavy (non-hydrogen) atoms. The molecule has 5 nitrogen and oxygen atoms in total. The summed E-state index contributed by atoms with van der Waals surface area (Å²) in [5, 5.41) is 6.38. The van der Waals surface area contributed by atoms with Crippen molar-refractivity contribution in [2.24, 2.45) is 5.73 Å². The van der Waals surface area contributed by atoms with E-state index in [9.17, 15) is 0 Å². The van der Waals surface area contributed by atoms with Crippen LogP contribution < -0.4 is 5.73 Å². The van der Waals surface area contributed by atoms with Gasteiger partial charge in [-0.1, -0.05) is 0 Å². The minimum absolute atomic E-state index is 0.468. The maximum absolute atomic E-state index is 5.61. The zero-order valence-corrected chi connectivity index (χ0v) is 9.18. The largest absolute Gasteiger partial charge is 0.325 e. The number of nitrogens with zero attached hydrogens (tertiary/aromatic N) is 4. The van der Waals surface area contributed by atoms with Gasteiger partial charge in [-0.3, -0.25) is 4.98 Å². The molecule has 0 spiro atoms. The highest BCUT2D eigenvalue weighted by molar-refractivity contribution is 7.15. The Morgan fingerprint density at radius 1 is 1.44 bits per heavy atom. The Kier molecular flexibility index (Phi) is 2.16. The Morgan fingerprint density at radius 2 is 2.38 bits per heavy atom. The van der Waals surface area contributed by atoms with Gasteiger partial charge in [0.05, 0.1) is 5.69 Å². The lowest BCUT2D eigenvalue weighted by Gasteiger charge is -1.92. The summed E-state index contributed by atoms with van der Waals surface area (Å²) in [5.41, 5.74) is 7.51. The third-order valence-electron chi connectivity index (χ3n) is 2.28. The maximum atomic E-state index is 5.61. The van der Waals surface area contributed by atoms with Crippen LogP contribution >= 0.6 is 11.3 Å². The number of hydrogen-bond acceptors (Lipinski definition) is 5. The molecule has 0 amide bonds. The van der Waals surface area contributed by atoms with E-state index in [0.717, 1.165) is 16.2 Å². The molecule has 0 atom stereocenters. The first-order valence-electron chi connectivity index (χ1n) is 4.82. The first kappa shape index (κ1) is 9.44. The Morgan fingerprint density at radius 3 is 3.12 bits per heavy atom. The van der Waals surface area contributed by atoms with Crippen molar-refractivity contribution < 1.29 is 0 Å². The zero-order valence-electron chi connectivity index (χ0n) is 8.37. The highest BCUT2D eigenvalue weighted by Gasteiger charge is 2.10. The quantitative estimate of drug-likeness (QED) is 0.722. The van der Waals surface area contributed by atoms with Gasteiger partial charge in [0.15, 0.2) is 5.82 Å². The number of nitrogens with two attached hydrogens (primary N) is 1. The van der Waals surface area contributed by atoms with E-state index >= 15 is 0 Å². The lowest BCUT2D eigenvalue weighted by Crippen LogP contribution is -2.01. The molecule has 0 aliphatic carbocycles. The van der Waals surface area contributed by atoms with Gasteiger partial charge in [0.1, 0.15) is 0 Å². The molecule has 0 aliphatic heterocycles. The summed E-state index contributed by atoms with van der Waals surface area (Å²) >= 11 is 1.54. The lowest BCUT2D eigenvalue weighted by molar-refractivity contribution is 0.868. The first-order chi connectivity index (χ1) is 7.88. The van der Waals surface area contributed by atoms with Crippen LogP contribution in [0.2, 0.25) is 0 Å². The van der Waals surface area contributed by atoms with Crippen molar-refractivity contribution >= 4 is 16.3 Å². The third-order valence-corrected chi connectivity index (χ3v) is 3.14. The molecular weight excluding hydrogens is 222 g/mol. The summed E-state index contributed by atoms with van der Waals surface area (Å²) in [5.74, 6) is 0.689. The fourth-order valence-electron chi connectivity index (χ4n) is 1.48. The van der Waals surface area contributed by atoms with Crippen LogP contribution in [0.4, 0.5) is 0 Å². The third kappa shape index (κ3) is 1.39. The molecule has 0 bridgehead atoms. The van der Waals surface area contributed by atoms with Crippen LogP contribution in [-0.2, 0) is 6.54 Å². The van der Waals surface area contributed by atoms with Crippen molar-refractivity contribution in [3.63, 3.8) is 0 Å². The van der Waals surface area contributed by atoms with Crippen molar-refractivity contribution in [2.75, 3.05) is 0 Å². The molecule has 0 aromatic carbocycles. The van der Waals surface area contributed by atoms with E-state index in [4.69, 9.17) is 5.73 Å². The fourth-order valence-corrected chi connectivity index (χ4v) is 2.32. The van der Waals surface area contributed by atoms with Gasteiger partial charge in [-0.2, -0.15) is 4.98 Å². The van der Waals surface area contributed by atoms with Gasteiger partial charge in [-0.15, -0.1) is 16.4 Å². The molecule has 0 fully saturated rings. The molecule has 80 valence electrons. The predicted molar refractivity (Wildman–Crippen MR) is 62.0 cm³/mol. The van der Waals surface area contributed by atoms with Gasteiger partial charge >= 0.3 is 0 Å². The molecule has 3 aromatic rings. The summed E-state index contributed by atoms with van der Waals surface area (Å²) in [6.45, 7) is 0.468. The predicted octanol–water partition coefficient (Wildman–Crippen LogP) is 1.31. The number of aromatic nitrogens is 4. The second kappa shape index (κ2) is 3.66. The van der Waals surface area contributed by atoms with E-state index in [1.165, 1.54) is 0 Å². The zero-order chi connectivity index (χ0) is 11.0. The summed E-state index contributed by atoms with van der Waals surface area (Å²) in [4.78, 5) is 9.33. The van der Waals surface area contributed by atoms with E-state index in [1.807, 2.05) is 17.5 Å². The van der Waals surface area contributed by atoms with E-state index in [-0.39, 0.29) is 0 Å². The summed E-state index contributed by atoms with van der Waals surface area (Å²) in [6, 6.07) is 3.81. The van der Waals surface area contributed by atoms with E-state index in [0.29, 0.717) is 12.4 Å². The smallest absolute Gasteiger partial charge is 0.212 e. The fraction of sp³-hybridized carbons (Fsp3) is 0.100. The van der Waals surface area contributed by atoms with Gasteiger partial charge in [-0.25, -0.2) is 4.52 Å². The number of thiazole rings is 1. The van der Waals surface area contributed by atoms with Crippen molar-refractivity contribution in [3.8, 4) is 11.4 Å². The van der Waals surface area contributed by atoms with E-state index in [2.05, 4.69) is 15.1 Å². The molecule has 2 N–H and O–H groups in total. The van der Waals surface area contributed by atoms with Gasteiger partial charge in [-0.05, 0) is 12.1 Å². The molecule has 3 heterocycles. The van der Waals surface area contributed by atoms with E-state index < -0.39 is 0 Å². The molecular formula is C10H9N5S. The molecule has 0 saturated heterocycles. The van der Waals surface area contributed by atoms with Crippen LogP contribution in [0.5, 0.6) is 0 Å². The van der Waals surface area contributed by atoms with E-state index in [1.54, 1.807) is 28.2 Å². The van der Waals surface area contributed by atoms with Crippen LogP contribution in [-0.4, -0.2) is 19.6 Å². The normalized spacial score (nSPS) is 11.1. The second-order valence-electron chi connectivity index (χ2n) is 3.30. The second-order valence-corrected chi connectivity index (χ2v) is 4.14. The Labute approximate surface area is 95.6 Å². The summed E-state index contributed by atoms with van der Waals surface area (Å²) in [7, 11) is 0. The number of hydrogen-bond donors (Lipinski definition) is 1. The van der Waals surface area contributed by atoms with Gasteiger partial charge in [0.2, 0.25) is 4.96 Å². The van der Waals surface area contributed by atoms with Crippen LogP contribution in [0.1, 0.15) is 5.69 Å². The molecule has 3 rings (SSSR count). The van der Waals surface area contributed by atoms with Gasteiger partial charge < -0.3 is 5.73 Å². The van der Waals surface area contributed by atoms with Crippen LogP contribution in [0.3, 0.4) is 0 Å². The molecule has 0 unspecified atom stereocenters. The lowest BCUT2D eigenvalue weighted by atomic mass is 10.3. The average molecular weight is 231 g/mol. The topological polar surface area (TPSA) is 69.1 Å². The van der Waals surface area contributed by atoms with Crippen LogP contribution in [0, 0.1) is 0 Å². The average Bonchev–Trinajstić information content (AvgIpc) is 2.89. The Bertz CT molecular complexity index is 612. The summed E-state index contributed by atoms with van der Waals surface area (Å²) in [6.07, 6.45) is 3.48. The minimum atomic E-state index is 0.468. The van der Waals surface area contributed by atoms with Crippen molar-refractivity contribution in [3.05, 3.63) is 35.6 Å². The monoisotopic (exact) mass is 231 g/mol. The van der Waals surface area contributed by atoms with Crippen LogP contribution in [0.25, 0.3) is 16.3 Å². The SMILES string of the molecule is NCc1csc2nc(-c3cccnc3)nn12. The van der Waals surface area contributed by atoms with Crippen molar-refractivity contribution in [2.45, 2.75) is 6.54 Å². The van der Waals surface area contributed by atoms with Gasteiger partial charge in [0, 0.05) is 29.9 Å². The molecule has 3 aromatic heterocycles. The maximum Gasteiger partial charge on any atom is 0.212 e. The molecule has 0 aliphatic rings. The standard InChI is InChI=1S/C10H9N5S/c11-4-8-6-16-10-13-9(14-15(8)10)7-2-1-3-12-5-7/h1-3,5-6H,4,11H2. The minimum Gasteiger partial charge on any atom is -0.325 e. The molecule has 0 radical (unpaired) electrons. The number of pyridine rings is 1. The van der Waals surface area contributed by atoms with Crippen LogP contribution in [0.15, 0.2) is 29.9 Å². The van der Waals surface area contributed by atoms with Gasteiger partial charge in [0.25, 0.3) is 0 Å². The Balaban J connectivity index is 2.16. The Hall–Kier alpha value is -1.79. The molecule has 0 saturated carbocycles. The van der Waals surface area contributed by atoms with Crippen molar-refractivity contribution in [1.82, 2.24) is 19.6 Å².